The Morgan fingerprint density at radius 3 is 2.62 bits per heavy atom. The third kappa shape index (κ3) is 3.76. The number of allylic oxidation sites excluding steroid dienone is 10. The standard InChI is InChI=1S/C40H34N2/c1-26-12-10-13-28(24-26)35-19-7-9-21-38(41-35)42-36-20-8-5-15-31(36)32-23-22-27(25-37(32)42)29-16-11-17-33-30-14-4-6-18-34(30)40(2,3)39(29)33/h4-6,8-23,25-26,30,34H,24H2,1-3H3. The Bertz CT molecular complexity index is 2040. The number of hydrogen-bond donors (Lipinski definition) is 0. The molecule has 1 aromatic heterocycles. The third-order valence-corrected chi connectivity index (χ3v) is 9.67. The minimum absolute atomic E-state index is 0.0400. The second-order valence-electron chi connectivity index (χ2n) is 12.7. The molecule has 204 valence electrons. The van der Waals surface area contributed by atoms with E-state index >= 15 is 0 Å². The fourth-order valence-electron chi connectivity index (χ4n) is 7.72. The van der Waals surface area contributed by atoms with Gasteiger partial charge in [-0.1, -0.05) is 112 Å². The van der Waals surface area contributed by atoms with Crippen LogP contribution in [0.5, 0.6) is 0 Å². The van der Waals surface area contributed by atoms with Crippen LogP contribution in [0.3, 0.4) is 0 Å². The van der Waals surface area contributed by atoms with Gasteiger partial charge in [-0.25, -0.2) is 4.99 Å². The zero-order chi connectivity index (χ0) is 28.4. The lowest BCUT2D eigenvalue weighted by atomic mass is 9.73. The summed E-state index contributed by atoms with van der Waals surface area (Å²) in [6.45, 7) is 7.09. The number of aliphatic imine (C=N–C) groups is 1. The molecule has 4 aromatic rings. The maximum absolute atomic E-state index is 5.28. The number of fused-ring (bicyclic) bond motifs is 6. The van der Waals surface area contributed by atoms with E-state index in [0.29, 0.717) is 17.8 Å². The van der Waals surface area contributed by atoms with Crippen molar-refractivity contribution in [2.45, 2.75) is 38.5 Å². The number of nitrogens with zero attached hydrogens (tertiary/aromatic N) is 2. The van der Waals surface area contributed by atoms with Crippen molar-refractivity contribution >= 4 is 33.3 Å². The molecule has 2 heterocycles. The van der Waals surface area contributed by atoms with E-state index in [4.69, 9.17) is 4.99 Å². The Hall–Kier alpha value is -4.65. The van der Waals surface area contributed by atoms with Crippen molar-refractivity contribution in [3.8, 4) is 11.1 Å². The number of hydrogen-bond acceptors (Lipinski definition) is 1. The molecule has 42 heavy (non-hydrogen) atoms. The molecule has 2 nitrogen and oxygen atoms in total. The van der Waals surface area contributed by atoms with E-state index in [1.54, 1.807) is 0 Å². The first-order valence-electron chi connectivity index (χ1n) is 15.1. The average Bonchev–Trinajstić information content (AvgIpc) is 3.31. The SMILES string of the molecule is CC1C=CC=C(C2=NC(n3c4ccccc4c4ccc(-c5cccc6c5C(C)(C)C5C=CC=CC65)cc43)=CC=C=C2)C1. The van der Waals surface area contributed by atoms with Gasteiger partial charge in [0, 0.05) is 22.8 Å². The maximum Gasteiger partial charge on any atom is 0.138 e. The van der Waals surface area contributed by atoms with Gasteiger partial charge in [0.15, 0.2) is 0 Å². The van der Waals surface area contributed by atoms with Crippen LogP contribution >= 0.6 is 0 Å². The van der Waals surface area contributed by atoms with Crippen molar-refractivity contribution < 1.29 is 0 Å². The zero-order valence-corrected chi connectivity index (χ0v) is 24.4. The lowest BCUT2D eigenvalue weighted by Gasteiger charge is -2.30. The first-order chi connectivity index (χ1) is 20.5. The molecule has 0 fully saturated rings. The number of benzene rings is 3. The Labute approximate surface area is 247 Å². The molecule has 4 aliphatic rings. The summed E-state index contributed by atoms with van der Waals surface area (Å²) in [6, 6.07) is 22.6. The number of rotatable bonds is 3. The fraction of sp³-hybridized carbons (Fsp3) is 0.200. The summed E-state index contributed by atoms with van der Waals surface area (Å²) in [4.78, 5) is 5.28. The highest BCUT2D eigenvalue weighted by Gasteiger charge is 2.45. The first kappa shape index (κ1) is 25.1. The summed E-state index contributed by atoms with van der Waals surface area (Å²) in [5.74, 6) is 2.33. The van der Waals surface area contributed by atoms with Gasteiger partial charge in [0.2, 0.25) is 0 Å². The molecule has 3 aliphatic carbocycles. The lowest BCUT2D eigenvalue weighted by Crippen LogP contribution is -2.25. The van der Waals surface area contributed by atoms with Crippen LogP contribution in [0.2, 0.25) is 0 Å². The van der Waals surface area contributed by atoms with Crippen LogP contribution in [-0.2, 0) is 5.41 Å². The van der Waals surface area contributed by atoms with E-state index in [1.807, 2.05) is 12.2 Å². The van der Waals surface area contributed by atoms with Crippen molar-refractivity contribution in [1.82, 2.24) is 4.57 Å². The van der Waals surface area contributed by atoms with Crippen LogP contribution in [0.25, 0.3) is 38.8 Å². The van der Waals surface area contributed by atoms with E-state index in [1.165, 1.54) is 49.6 Å². The molecule has 0 amide bonds. The van der Waals surface area contributed by atoms with Gasteiger partial charge in [-0.15, -0.1) is 5.73 Å². The Balaban J connectivity index is 1.34. The van der Waals surface area contributed by atoms with Gasteiger partial charge in [-0.3, -0.25) is 4.57 Å². The average molecular weight is 543 g/mol. The zero-order valence-electron chi connectivity index (χ0n) is 24.4. The van der Waals surface area contributed by atoms with Crippen molar-refractivity contribution in [1.29, 1.82) is 0 Å². The minimum atomic E-state index is 0.0400. The Morgan fingerprint density at radius 2 is 1.71 bits per heavy atom. The molecule has 3 aromatic carbocycles. The molecule has 0 radical (unpaired) electrons. The van der Waals surface area contributed by atoms with Gasteiger partial charge in [-0.05, 0) is 75.8 Å². The van der Waals surface area contributed by atoms with Crippen LogP contribution in [0.4, 0.5) is 0 Å². The van der Waals surface area contributed by atoms with Gasteiger partial charge >= 0.3 is 0 Å². The predicted molar refractivity (Wildman–Crippen MR) is 178 cm³/mol. The second kappa shape index (κ2) is 9.44. The monoisotopic (exact) mass is 542 g/mol. The van der Waals surface area contributed by atoms with Gasteiger partial charge < -0.3 is 0 Å². The smallest absolute Gasteiger partial charge is 0.138 e. The molecule has 0 saturated heterocycles. The summed E-state index contributed by atoms with van der Waals surface area (Å²) < 4.78 is 2.34. The summed E-state index contributed by atoms with van der Waals surface area (Å²) in [5.41, 5.74) is 13.5. The van der Waals surface area contributed by atoms with E-state index in [2.05, 4.69) is 140 Å². The van der Waals surface area contributed by atoms with E-state index < -0.39 is 0 Å². The number of para-hydroxylation sites is 1. The Kier molecular flexibility index (Phi) is 5.64. The fourth-order valence-corrected chi connectivity index (χ4v) is 7.72. The summed E-state index contributed by atoms with van der Waals surface area (Å²) in [7, 11) is 0. The Morgan fingerprint density at radius 1 is 0.857 bits per heavy atom. The third-order valence-electron chi connectivity index (χ3n) is 9.67. The minimum Gasteiger partial charge on any atom is -0.294 e. The lowest BCUT2D eigenvalue weighted by molar-refractivity contribution is 0.395. The molecule has 2 heteroatoms. The van der Waals surface area contributed by atoms with Crippen LogP contribution in [-0.4, -0.2) is 10.3 Å². The van der Waals surface area contributed by atoms with E-state index in [9.17, 15) is 0 Å². The van der Waals surface area contributed by atoms with Crippen LogP contribution in [0.1, 0.15) is 44.2 Å². The molecule has 3 atom stereocenters. The molecule has 0 spiro atoms. The summed E-state index contributed by atoms with van der Waals surface area (Å²) in [6.07, 6.45) is 22.9. The van der Waals surface area contributed by atoms with Gasteiger partial charge in [0.1, 0.15) is 5.82 Å². The molecule has 1 aliphatic heterocycles. The van der Waals surface area contributed by atoms with Crippen molar-refractivity contribution in [2.75, 3.05) is 0 Å². The normalized spacial score (nSPS) is 23.5. The summed E-state index contributed by atoms with van der Waals surface area (Å²) >= 11 is 0. The van der Waals surface area contributed by atoms with Crippen LogP contribution in [0, 0.1) is 11.8 Å². The van der Waals surface area contributed by atoms with Crippen molar-refractivity contribution in [2.24, 2.45) is 16.8 Å². The molecule has 0 bridgehead atoms. The topological polar surface area (TPSA) is 17.3 Å². The van der Waals surface area contributed by atoms with Gasteiger partial charge in [0.05, 0.1) is 16.7 Å². The highest BCUT2D eigenvalue weighted by molar-refractivity contribution is 6.14. The molecular weight excluding hydrogens is 508 g/mol. The van der Waals surface area contributed by atoms with Crippen LogP contribution in [0.15, 0.2) is 138 Å². The number of aromatic nitrogens is 1. The van der Waals surface area contributed by atoms with Gasteiger partial charge in [0.25, 0.3) is 0 Å². The molecule has 0 saturated carbocycles. The first-order valence-corrected chi connectivity index (χ1v) is 15.1. The maximum atomic E-state index is 5.28. The van der Waals surface area contributed by atoms with E-state index in [0.717, 1.165) is 18.0 Å². The molecule has 8 rings (SSSR count). The predicted octanol–water partition coefficient (Wildman–Crippen LogP) is 10.1. The highest BCUT2D eigenvalue weighted by Crippen LogP contribution is 2.55. The van der Waals surface area contributed by atoms with E-state index in [-0.39, 0.29) is 5.41 Å². The second-order valence-corrected chi connectivity index (χ2v) is 12.7. The highest BCUT2D eigenvalue weighted by atomic mass is 15.1. The van der Waals surface area contributed by atoms with Crippen molar-refractivity contribution in [3.63, 3.8) is 0 Å². The van der Waals surface area contributed by atoms with Crippen LogP contribution < -0.4 is 0 Å². The van der Waals surface area contributed by atoms with Gasteiger partial charge in [-0.2, -0.15) is 0 Å². The molecular formula is C40H34N2. The quantitative estimate of drug-likeness (QED) is 0.229. The molecule has 0 N–H and O–H groups in total. The molecule has 3 unspecified atom stereocenters. The van der Waals surface area contributed by atoms with Crippen molar-refractivity contribution in [3.05, 3.63) is 144 Å². The largest absolute Gasteiger partial charge is 0.294 e. The summed E-state index contributed by atoms with van der Waals surface area (Å²) in [5, 5.41) is 2.49.